The highest BCUT2D eigenvalue weighted by Crippen LogP contribution is 2.24. The van der Waals surface area contributed by atoms with E-state index in [2.05, 4.69) is 55.5 Å². The molecule has 4 saturated heterocycles. The van der Waals surface area contributed by atoms with Crippen molar-refractivity contribution in [2.24, 2.45) is 0 Å². The predicted octanol–water partition coefficient (Wildman–Crippen LogP) is 3.08. The van der Waals surface area contributed by atoms with Crippen molar-refractivity contribution in [1.82, 2.24) is 19.8 Å². The average Bonchev–Trinajstić information content (AvgIpc) is 2.83. The summed E-state index contributed by atoms with van der Waals surface area (Å²) in [6, 6.07) is 9.66. The lowest BCUT2D eigenvalue weighted by atomic mass is 10.1. The van der Waals surface area contributed by atoms with Crippen molar-refractivity contribution in [3.8, 4) is 0 Å². The molecule has 0 bridgehead atoms. The van der Waals surface area contributed by atoms with Crippen molar-refractivity contribution in [3.63, 3.8) is 0 Å². The van der Waals surface area contributed by atoms with Crippen LogP contribution in [0, 0.1) is 17.0 Å². The summed E-state index contributed by atoms with van der Waals surface area (Å²) in [5.41, 5.74) is 3.28. The minimum absolute atomic E-state index is 0. The third kappa shape index (κ3) is 6.84. The first-order chi connectivity index (χ1) is 18.4. The van der Waals surface area contributed by atoms with E-state index in [4.69, 9.17) is 9.47 Å². The Bertz CT molecular complexity index is 1070. The van der Waals surface area contributed by atoms with Crippen LogP contribution < -0.4 is 9.80 Å². The van der Waals surface area contributed by atoms with Gasteiger partial charge in [-0.25, -0.2) is 0 Å². The summed E-state index contributed by atoms with van der Waals surface area (Å²) in [6.07, 6.45) is 3.59. The highest BCUT2D eigenvalue weighted by molar-refractivity contribution is 5.48. The Morgan fingerprint density at radius 1 is 0.821 bits per heavy atom. The number of nitro groups is 1. The second-order valence-corrected chi connectivity index (χ2v) is 10.7. The third-order valence-electron chi connectivity index (χ3n) is 8.07. The molecule has 216 valence electrons. The second kappa shape index (κ2) is 13.0. The first-order valence-electron chi connectivity index (χ1n) is 13.6. The molecule has 0 amide bonds. The van der Waals surface area contributed by atoms with Gasteiger partial charge in [-0.1, -0.05) is 7.43 Å². The van der Waals surface area contributed by atoms with Gasteiger partial charge in [-0.3, -0.25) is 14.8 Å². The molecule has 11 nitrogen and oxygen atoms in total. The van der Waals surface area contributed by atoms with E-state index in [-0.39, 0.29) is 14.7 Å². The van der Waals surface area contributed by atoms with Crippen molar-refractivity contribution < 1.29 is 15.8 Å². The van der Waals surface area contributed by atoms with Crippen LogP contribution in [0.3, 0.4) is 0 Å². The molecule has 0 radical (unpaired) electrons. The summed E-state index contributed by atoms with van der Waals surface area (Å²) in [4.78, 5) is 28.2. The van der Waals surface area contributed by atoms with Crippen LogP contribution in [0.2, 0.25) is 0 Å². The number of ether oxygens (including phenoxy) is 2. The zero-order chi connectivity index (χ0) is 26.6. The van der Waals surface area contributed by atoms with Gasteiger partial charge in [-0.05, 0) is 48.9 Å². The number of aromatic nitrogens is 2. The van der Waals surface area contributed by atoms with Crippen molar-refractivity contribution in [2.75, 3.05) is 75.5 Å². The number of anilines is 2. The van der Waals surface area contributed by atoms with Gasteiger partial charge in [-0.15, -0.1) is 0 Å². The van der Waals surface area contributed by atoms with Crippen molar-refractivity contribution in [2.45, 2.75) is 52.4 Å². The van der Waals surface area contributed by atoms with Crippen LogP contribution in [0.25, 0.3) is 0 Å². The molecule has 0 saturated carbocycles. The third-order valence-corrected chi connectivity index (χ3v) is 8.07. The van der Waals surface area contributed by atoms with E-state index in [1.165, 1.54) is 11.8 Å². The summed E-state index contributed by atoms with van der Waals surface area (Å²) in [7, 11) is 0. The maximum absolute atomic E-state index is 10.6. The fraction of sp³-hybridized carbons (Fsp3) is 0.643. The smallest absolute Gasteiger partial charge is 0.363 e. The summed E-state index contributed by atoms with van der Waals surface area (Å²) in [5, 5.41) is 10.6. The molecule has 6 rings (SSSR count). The topological polar surface area (TPSA) is 100 Å². The number of hydrogen-bond acceptors (Lipinski definition) is 10. The van der Waals surface area contributed by atoms with E-state index in [9.17, 15) is 10.1 Å². The van der Waals surface area contributed by atoms with Crippen LogP contribution in [0.4, 0.5) is 17.2 Å². The number of aryl methyl sites for hydroxylation is 1. The molecule has 39 heavy (non-hydrogen) atoms. The minimum atomic E-state index is -0.470. The van der Waals surface area contributed by atoms with E-state index in [1.807, 2.05) is 13.1 Å². The van der Waals surface area contributed by atoms with E-state index in [1.54, 1.807) is 12.3 Å². The maximum atomic E-state index is 10.6. The van der Waals surface area contributed by atoms with Gasteiger partial charge in [0.2, 0.25) is 0 Å². The molecule has 0 spiro atoms. The van der Waals surface area contributed by atoms with E-state index in [0.717, 1.165) is 77.1 Å². The monoisotopic (exact) mass is 543 g/mol. The van der Waals surface area contributed by atoms with Gasteiger partial charge in [-0.2, -0.15) is 0 Å². The summed E-state index contributed by atoms with van der Waals surface area (Å²) >= 11 is 0. The van der Waals surface area contributed by atoms with Crippen LogP contribution in [0.1, 0.15) is 28.4 Å². The fourth-order valence-corrected chi connectivity index (χ4v) is 5.56. The molecule has 6 heterocycles. The Balaban J connectivity index is 0.000000211. The molecule has 11 heteroatoms. The van der Waals surface area contributed by atoms with E-state index in [0.29, 0.717) is 24.2 Å². The highest BCUT2D eigenvalue weighted by Gasteiger charge is 2.33. The summed E-state index contributed by atoms with van der Waals surface area (Å²) in [6.45, 7) is 16.3. The number of pyridine rings is 2. The molecule has 0 N–H and O–H groups in total. The van der Waals surface area contributed by atoms with Crippen molar-refractivity contribution in [1.29, 1.82) is 0 Å². The van der Waals surface area contributed by atoms with Gasteiger partial charge in [0.05, 0.1) is 56.1 Å². The van der Waals surface area contributed by atoms with Crippen molar-refractivity contribution in [3.05, 3.63) is 52.5 Å². The molecular weight excluding hydrogens is 498 g/mol. The van der Waals surface area contributed by atoms with Crippen LogP contribution in [0.15, 0.2) is 36.7 Å². The second-order valence-electron chi connectivity index (χ2n) is 10.7. The van der Waals surface area contributed by atoms with Gasteiger partial charge in [0.1, 0.15) is 0 Å². The first-order valence-corrected chi connectivity index (χ1v) is 13.6. The quantitative estimate of drug-likeness (QED) is 0.413. The van der Waals surface area contributed by atoms with Crippen LogP contribution >= 0.6 is 0 Å². The van der Waals surface area contributed by atoms with Gasteiger partial charge in [0.25, 0.3) is 0 Å². The minimum Gasteiger partial charge on any atom is -0.378 e. The zero-order valence-electron chi connectivity index (χ0n) is 22.6. The first kappa shape index (κ1) is 29.1. The molecule has 4 fully saturated rings. The molecular formula is C28H45N7O4. The molecule has 0 aromatic carbocycles. The van der Waals surface area contributed by atoms with Gasteiger partial charge >= 0.3 is 5.82 Å². The van der Waals surface area contributed by atoms with E-state index >= 15 is 0 Å². The maximum Gasteiger partial charge on any atom is 0.363 e. The Hall–Kier alpha value is -2.86. The van der Waals surface area contributed by atoms with Crippen LogP contribution in [-0.4, -0.2) is 115 Å². The Labute approximate surface area is 233 Å². The fourth-order valence-electron chi connectivity index (χ4n) is 5.56. The lowest BCUT2D eigenvalue weighted by Crippen LogP contribution is -2.59. The average molecular weight is 544 g/mol. The molecule has 4 aliphatic heterocycles. The molecule has 0 aliphatic carbocycles. The Morgan fingerprint density at radius 3 is 1.64 bits per heavy atom. The molecule has 4 aliphatic rings. The van der Waals surface area contributed by atoms with Gasteiger partial charge < -0.3 is 29.4 Å². The lowest BCUT2D eigenvalue weighted by molar-refractivity contribution is -0.389. The Kier molecular flexibility index (Phi) is 9.71. The van der Waals surface area contributed by atoms with Gasteiger partial charge in [0, 0.05) is 64.5 Å². The molecule has 0 unspecified atom stereocenters. The van der Waals surface area contributed by atoms with Crippen molar-refractivity contribution >= 4 is 17.2 Å². The highest BCUT2D eigenvalue weighted by atomic mass is 16.6. The molecule has 2 aromatic rings. The summed E-state index contributed by atoms with van der Waals surface area (Å²) < 4.78 is 10.5. The molecule has 2 aromatic heterocycles. The number of rotatable bonds is 5. The largest absolute Gasteiger partial charge is 0.378 e. The number of piperazine rings is 2. The number of hydrogen-bond donors (Lipinski definition) is 0. The normalized spacial score (nSPS) is 24.6. The van der Waals surface area contributed by atoms with Gasteiger partial charge in [0.15, 0.2) is 6.20 Å². The van der Waals surface area contributed by atoms with Crippen LogP contribution in [-0.2, 0) is 9.47 Å². The predicted molar refractivity (Wildman–Crippen MR) is 155 cm³/mol. The summed E-state index contributed by atoms with van der Waals surface area (Å²) in [5.74, 6) is -0.105. The zero-order valence-corrected chi connectivity index (χ0v) is 22.6. The lowest BCUT2D eigenvalue weighted by Gasteiger charge is -2.46. The van der Waals surface area contributed by atoms with Crippen LogP contribution in [0.5, 0.6) is 0 Å². The number of nitrogens with zero attached hydrogens (tertiary/aromatic N) is 7. The molecule has 2 atom stereocenters. The standard InChI is InChI=1S/C14H21N3O.C13H18N4O3.CH4.H2/c1-11-3-4-13(7-15-11)17-6-5-16(8-12(17)2)14-9-18-10-14;1-10-7-15(12-8-20-9-12)4-5-16(10)11-2-3-13(14-6-11)17(18)19;;/h3-4,7,12,14H,5-6,8-10H2,1-2H3;2-3,6,10,12H,4-5,7-9H2,1H3;1H4;1H/t12-;10-;;/m00../s1. The SMILES string of the molecule is C.C[C@H]1CN(C2COC2)CCN1c1ccc([N+](=O)[O-])nc1.Cc1ccc(N2CCN(C3COC3)C[C@@H]2C)cn1.[HH]. The Morgan fingerprint density at radius 2 is 1.31 bits per heavy atom. The van der Waals surface area contributed by atoms with E-state index < -0.39 is 4.92 Å².